The van der Waals surface area contributed by atoms with Crippen molar-refractivity contribution in [2.45, 2.75) is 31.2 Å². The number of ether oxygens (including phenoxy) is 1. The molecule has 18 heavy (non-hydrogen) atoms. The number of alkyl halides is 2. The number of rotatable bonds is 4. The zero-order valence-corrected chi connectivity index (χ0v) is 9.95. The molecule has 1 saturated carbocycles. The van der Waals surface area contributed by atoms with Crippen LogP contribution in [0.15, 0.2) is 23.2 Å². The standard InChI is InChI=1S/C13H13F2NO2/c1-18-11-4-3-9(12(14)15)7-10(11)13(16-8-17)5-2-6-13/h3-4,7,12H,2,5-6H2,1H3. The van der Waals surface area contributed by atoms with Gasteiger partial charge < -0.3 is 4.74 Å². The monoisotopic (exact) mass is 253 g/mol. The number of halogens is 2. The Kier molecular flexibility index (Phi) is 3.43. The fourth-order valence-electron chi connectivity index (χ4n) is 2.27. The van der Waals surface area contributed by atoms with Crippen molar-refractivity contribution < 1.29 is 18.3 Å². The summed E-state index contributed by atoms with van der Waals surface area (Å²) < 4.78 is 30.6. The van der Waals surface area contributed by atoms with Gasteiger partial charge in [0.2, 0.25) is 6.08 Å². The van der Waals surface area contributed by atoms with Crippen LogP contribution in [0, 0.1) is 0 Å². The number of benzene rings is 1. The van der Waals surface area contributed by atoms with E-state index in [4.69, 9.17) is 4.74 Å². The van der Waals surface area contributed by atoms with E-state index in [9.17, 15) is 13.6 Å². The van der Waals surface area contributed by atoms with Gasteiger partial charge in [-0.1, -0.05) is 0 Å². The number of aliphatic imine (C=N–C) groups is 1. The van der Waals surface area contributed by atoms with Crippen molar-refractivity contribution in [3.8, 4) is 5.75 Å². The van der Waals surface area contributed by atoms with Gasteiger partial charge in [0.1, 0.15) is 11.3 Å². The Bertz CT molecular complexity index is 492. The number of hydrogen-bond donors (Lipinski definition) is 0. The fraction of sp³-hybridized carbons (Fsp3) is 0.462. The predicted molar refractivity (Wildman–Crippen MR) is 61.6 cm³/mol. The van der Waals surface area contributed by atoms with Crippen LogP contribution < -0.4 is 4.74 Å². The largest absolute Gasteiger partial charge is 0.496 e. The molecule has 0 unspecified atom stereocenters. The van der Waals surface area contributed by atoms with Gasteiger partial charge >= 0.3 is 0 Å². The molecule has 5 heteroatoms. The SMILES string of the molecule is COc1ccc(C(F)F)cc1C1(N=C=O)CCC1. The molecular weight excluding hydrogens is 240 g/mol. The highest BCUT2D eigenvalue weighted by atomic mass is 19.3. The first-order chi connectivity index (χ1) is 8.63. The number of methoxy groups -OCH3 is 1. The number of carbonyl (C=O) groups excluding carboxylic acids is 1. The lowest BCUT2D eigenvalue weighted by atomic mass is 9.71. The Balaban J connectivity index is 2.52. The van der Waals surface area contributed by atoms with Crippen molar-refractivity contribution in [3.05, 3.63) is 29.3 Å². The lowest BCUT2D eigenvalue weighted by molar-refractivity contribution is 0.150. The predicted octanol–water partition coefficient (Wildman–Crippen LogP) is 3.35. The molecule has 0 aromatic heterocycles. The molecule has 1 aliphatic carbocycles. The Morgan fingerprint density at radius 2 is 2.17 bits per heavy atom. The summed E-state index contributed by atoms with van der Waals surface area (Å²) in [7, 11) is 1.47. The maximum atomic E-state index is 12.7. The molecule has 1 aromatic carbocycles. The van der Waals surface area contributed by atoms with Crippen molar-refractivity contribution >= 4 is 6.08 Å². The van der Waals surface area contributed by atoms with Gasteiger partial charge in [-0.05, 0) is 37.5 Å². The van der Waals surface area contributed by atoms with E-state index in [1.54, 1.807) is 6.08 Å². The lowest BCUT2D eigenvalue weighted by Crippen LogP contribution is -2.32. The fourth-order valence-corrected chi connectivity index (χ4v) is 2.27. The third-order valence-electron chi connectivity index (χ3n) is 3.42. The molecule has 0 spiro atoms. The Labute approximate surface area is 103 Å². The number of hydrogen-bond acceptors (Lipinski definition) is 3. The van der Waals surface area contributed by atoms with Crippen LogP contribution in [0.3, 0.4) is 0 Å². The highest BCUT2D eigenvalue weighted by Gasteiger charge is 2.41. The molecule has 96 valence electrons. The quantitative estimate of drug-likeness (QED) is 0.609. The van der Waals surface area contributed by atoms with E-state index < -0.39 is 12.0 Å². The molecular formula is C13H13F2NO2. The van der Waals surface area contributed by atoms with Crippen LogP contribution in [0.1, 0.15) is 36.8 Å². The molecule has 1 aliphatic rings. The minimum Gasteiger partial charge on any atom is -0.496 e. The molecule has 0 amide bonds. The molecule has 0 saturated heterocycles. The summed E-state index contributed by atoms with van der Waals surface area (Å²) in [5.74, 6) is 0.484. The van der Waals surface area contributed by atoms with E-state index in [-0.39, 0.29) is 5.56 Å². The summed E-state index contributed by atoms with van der Waals surface area (Å²) in [6, 6.07) is 4.20. The average molecular weight is 253 g/mol. The molecule has 0 N–H and O–H groups in total. The van der Waals surface area contributed by atoms with Gasteiger partial charge in [0.25, 0.3) is 6.43 Å². The highest BCUT2D eigenvalue weighted by molar-refractivity contribution is 5.47. The minimum absolute atomic E-state index is 0.0850. The normalized spacial score (nSPS) is 16.9. The van der Waals surface area contributed by atoms with Crippen LogP contribution in [0.25, 0.3) is 0 Å². The molecule has 0 bridgehead atoms. The second-order valence-corrected chi connectivity index (χ2v) is 4.35. The maximum absolute atomic E-state index is 12.7. The lowest BCUT2D eigenvalue weighted by Gasteiger charge is -2.38. The molecule has 1 fully saturated rings. The van der Waals surface area contributed by atoms with Gasteiger partial charge in [-0.25, -0.2) is 13.6 Å². The topological polar surface area (TPSA) is 38.7 Å². The van der Waals surface area contributed by atoms with Crippen LogP contribution in [-0.2, 0) is 10.3 Å². The zero-order valence-electron chi connectivity index (χ0n) is 9.95. The van der Waals surface area contributed by atoms with E-state index in [1.807, 2.05) is 0 Å². The second kappa shape index (κ2) is 4.86. The first-order valence-electron chi connectivity index (χ1n) is 5.68. The van der Waals surface area contributed by atoms with Crippen molar-refractivity contribution in [2.24, 2.45) is 4.99 Å². The number of isocyanates is 1. The molecule has 0 heterocycles. The summed E-state index contributed by atoms with van der Waals surface area (Å²) >= 11 is 0. The summed E-state index contributed by atoms with van der Waals surface area (Å²) in [5.41, 5.74) is -0.256. The van der Waals surface area contributed by atoms with Crippen LogP contribution in [-0.4, -0.2) is 13.2 Å². The highest BCUT2D eigenvalue weighted by Crippen LogP contribution is 2.48. The minimum atomic E-state index is -2.55. The van der Waals surface area contributed by atoms with Crippen LogP contribution >= 0.6 is 0 Å². The summed E-state index contributed by atoms with van der Waals surface area (Å²) in [4.78, 5) is 14.3. The average Bonchev–Trinajstić information content (AvgIpc) is 2.33. The first-order valence-corrected chi connectivity index (χ1v) is 5.68. The molecule has 2 rings (SSSR count). The van der Waals surface area contributed by atoms with Gasteiger partial charge in [0, 0.05) is 11.1 Å². The van der Waals surface area contributed by atoms with E-state index in [0.29, 0.717) is 24.2 Å². The molecule has 0 radical (unpaired) electrons. The van der Waals surface area contributed by atoms with Crippen LogP contribution in [0.5, 0.6) is 5.75 Å². The van der Waals surface area contributed by atoms with Gasteiger partial charge in [-0.15, -0.1) is 0 Å². The van der Waals surface area contributed by atoms with Gasteiger partial charge in [0.05, 0.1) is 7.11 Å². The summed E-state index contributed by atoms with van der Waals surface area (Å²) in [6.07, 6.45) is 1.22. The zero-order chi connectivity index (χ0) is 13.2. The van der Waals surface area contributed by atoms with E-state index in [2.05, 4.69) is 4.99 Å². The molecule has 3 nitrogen and oxygen atoms in total. The Morgan fingerprint density at radius 1 is 1.44 bits per heavy atom. The van der Waals surface area contributed by atoms with E-state index in [0.717, 1.165) is 6.42 Å². The van der Waals surface area contributed by atoms with Crippen LogP contribution in [0.2, 0.25) is 0 Å². The van der Waals surface area contributed by atoms with Crippen LogP contribution in [0.4, 0.5) is 8.78 Å². The third-order valence-corrected chi connectivity index (χ3v) is 3.42. The van der Waals surface area contributed by atoms with Crippen molar-refractivity contribution in [2.75, 3.05) is 7.11 Å². The maximum Gasteiger partial charge on any atom is 0.263 e. The summed E-state index contributed by atoms with van der Waals surface area (Å²) in [6.45, 7) is 0. The van der Waals surface area contributed by atoms with Gasteiger partial charge in [0.15, 0.2) is 0 Å². The smallest absolute Gasteiger partial charge is 0.263 e. The summed E-state index contributed by atoms with van der Waals surface area (Å²) in [5, 5.41) is 0. The van der Waals surface area contributed by atoms with Gasteiger partial charge in [-0.3, -0.25) is 0 Å². The third kappa shape index (κ3) is 2.02. The number of nitrogens with zero attached hydrogens (tertiary/aromatic N) is 1. The van der Waals surface area contributed by atoms with Gasteiger partial charge in [-0.2, -0.15) is 4.99 Å². The molecule has 1 aromatic rings. The second-order valence-electron chi connectivity index (χ2n) is 4.35. The first kappa shape index (κ1) is 12.7. The van der Waals surface area contributed by atoms with Crippen molar-refractivity contribution in [3.63, 3.8) is 0 Å². The molecule has 0 aliphatic heterocycles. The van der Waals surface area contributed by atoms with Crippen molar-refractivity contribution in [1.82, 2.24) is 0 Å². The Morgan fingerprint density at radius 3 is 2.61 bits per heavy atom. The van der Waals surface area contributed by atoms with E-state index >= 15 is 0 Å². The van der Waals surface area contributed by atoms with Crippen molar-refractivity contribution in [1.29, 1.82) is 0 Å². The Hall–Kier alpha value is -1.74. The molecule has 0 atom stereocenters. The van der Waals surface area contributed by atoms with E-state index in [1.165, 1.54) is 25.3 Å².